The Morgan fingerprint density at radius 2 is 1.90 bits per heavy atom. The number of anilines is 3. The zero-order valence-corrected chi connectivity index (χ0v) is 25.1. The molecule has 206 valence electrons. The monoisotopic (exact) mass is 552 g/mol. The van der Waals surface area contributed by atoms with Crippen LogP contribution in [0.3, 0.4) is 0 Å². The summed E-state index contributed by atoms with van der Waals surface area (Å²) in [5, 5.41) is 26.3. The first-order valence-electron chi connectivity index (χ1n) is 13.7. The molecule has 2 N–H and O–H groups in total. The highest BCUT2D eigenvalue weighted by molar-refractivity contribution is 6.74. The van der Waals surface area contributed by atoms with Crippen molar-refractivity contribution in [1.82, 2.24) is 9.97 Å². The molecule has 1 aliphatic heterocycles. The Hall–Kier alpha value is -3.92. The number of nitriles is 2. The molecule has 0 saturated heterocycles. The third-order valence-electron chi connectivity index (χ3n) is 8.25. The van der Waals surface area contributed by atoms with Crippen molar-refractivity contribution in [2.75, 3.05) is 23.8 Å². The molecule has 0 bridgehead atoms. The largest absolute Gasteiger partial charge is 0.488 e. The Morgan fingerprint density at radius 3 is 2.58 bits per heavy atom. The number of nitrogens with one attached hydrogen (secondary N) is 2. The molecule has 0 unspecified atom stereocenters. The molecule has 40 heavy (non-hydrogen) atoms. The predicted octanol–water partition coefficient (Wildman–Crippen LogP) is 6.88. The Balaban J connectivity index is 1.46. The zero-order chi connectivity index (χ0) is 28.7. The third-order valence-corrected chi connectivity index (χ3v) is 12.7. The van der Waals surface area contributed by atoms with Gasteiger partial charge in [-0.25, -0.2) is 9.97 Å². The number of aromatic nitrogens is 2. The quantitative estimate of drug-likeness (QED) is 0.291. The van der Waals surface area contributed by atoms with Gasteiger partial charge in [0, 0.05) is 30.3 Å². The van der Waals surface area contributed by atoms with Crippen molar-refractivity contribution in [2.24, 2.45) is 0 Å². The first-order chi connectivity index (χ1) is 18.9. The summed E-state index contributed by atoms with van der Waals surface area (Å²) in [4.78, 5) is 9.20. The minimum Gasteiger partial charge on any atom is -0.488 e. The normalized spacial score (nSPS) is 18.3. The van der Waals surface area contributed by atoms with Gasteiger partial charge in [-0.3, -0.25) is 0 Å². The van der Waals surface area contributed by atoms with E-state index in [0.29, 0.717) is 47.4 Å². The summed E-state index contributed by atoms with van der Waals surface area (Å²) in [6, 6.07) is 15.7. The lowest BCUT2D eigenvalue weighted by molar-refractivity contribution is 0.220. The Kier molecular flexibility index (Phi) is 7.07. The van der Waals surface area contributed by atoms with Crippen LogP contribution in [0, 0.1) is 22.7 Å². The maximum Gasteiger partial charge on any atom is 0.227 e. The smallest absolute Gasteiger partial charge is 0.227 e. The molecule has 1 atom stereocenters. The number of rotatable bonds is 8. The van der Waals surface area contributed by atoms with Crippen LogP contribution in [0.15, 0.2) is 42.6 Å². The van der Waals surface area contributed by atoms with Gasteiger partial charge in [-0.05, 0) is 72.9 Å². The average molecular weight is 553 g/mol. The van der Waals surface area contributed by atoms with E-state index in [1.54, 1.807) is 18.3 Å². The molecule has 2 aromatic carbocycles. The van der Waals surface area contributed by atoms with Crippen molar-refractivity contribution in [1.29, 1.82) is 10.5 Å². The maximum absolute atomic E-state index is 10.0. The summed E-state index contributed by atoms with van der Waals surface area (Å²) in [5.74, 6) is 1.05. The van der Waals surface area contributed by atoms with E-state index < -0.39 is 8.32 Å². The summed E-state index contributed by atoms with van der Waals surface area (Å²) in [6.07, 6.45) is 3.96. The molecule has 3 aromatic rings. The molecule has 9 heteroatoms. The van der Waals surface area contributed by atoms with Gasteiger partial charge < -0.3 is 19.8 Å². The lowest BCUT2D eigenvalue weighted by Gasteiger charge is -2.39. The van der Waals surface area contributed by atoms with Gasteiger partial charge in [0.2, 0.25) is 5.95 Å². The molecule has 0 amide bonds. The van der Waals surface area contributed by atoms with Crippen LogP contribution in [0.4, 0.5) is 17.3 Å². The van der Waals surface area contributed by atoms with E-state index in [4.69, 9.17) is 14.1 Å². The van der Waals surface area contributed by atoms with Crippen molar-refractivity contribution < 1.29 is 9.16 Å². The standard InChI is InChI=1S/C31H36N6O2Si/c1-30(2,3)40(5,6)38-19-31(4)18-35-28-22(17-33)14-21(15-24(28)31)25-11-12-34-29(36-25)37-26-13-20(16-32)7-10-27(26)39-23-8-9-23/h7,10-15,23,35H,8-9,18-19H2,1-6H3,(H,34,36,37)/t31-/m1/s1. The Labute approximate surface area is 237 Å². The lowest BCUT2D eigenvalue weighted by atomic mass is 9.83. The molecule has 0 spiro atoms. The van der Waals surface area contributed by atoms with E-state index in [9.17, 15) is 10.5 Å². The van der Waals surface area contributed by atoms with Crippen LogP contribution >= 0.6 is 0 Å². The number of hydrogen-bond donors (Lipinski definition) is 2. The molecule has 1 aromatic heterocycles. The van der Waals surface area contributed by atoms with Crippen LogP contribution in [0.2, 0.25) is 18.1 Å². The minimum absolute atomic E-state index is 0.110. The fourth-order valence-electron chi connectivity index (χ4n) is 4.47. The molecular weight excluding hydrogens is 516 g/mol. The van der Waals surface area contributed by atoms with Gasteiger partial charge in [0.15, 0.2) is 8.32 Å². The molecule has 0 radical (unpaired) electrons. The number of benzene rings is 2. The molecule has 5 rings (SSSR count). The SMILES string of the molecule is CC(C)(C)[Si](C)(C)OC[C@@]1(C)CNc2c(C#N)cc(-c3ccnc(Nc4cc(C#N)ccc4OC4CC4)n3)cc21. The highest BCUT2D eigenvalue weighted by Gasteiger charge is 2.42. The summed E-state index contributed by atoms with van der Waals surface area (Å²) < 4.78 is 12.7. The minimum atomic E-state index is -1.95. The zero-order valence-electron chi connectivity index (χ0n) is 24.1. The number of nitrogens with zero attached hydrogens (tertiary/aromatic N) is 4. The second kappa shape index (κ2) is 10.2. The van der Waals surface area contributed by atoms with E-state index in [1.807, 2.05) is 18.2 Å². The van der Waals surface area contributed by atoms with Gasteiger partial charge in [0.1, 0.15) is 11.8 Å². The third kappa shape index (κ3) is 5.53. The Bertz CT molecular complexity index is 1530. The van der Waals surface area contributed by atoms with Crippen molar-refractivity contribution in [2.45, 2.75) is 70.2 Å². The van der Waals surface area contributed by atoms with Crippen LogP contribution in [-0.2, 0) is 9.84 Å². The number of fused-ring (bicyclic) bond motifs is 1. The summed E-state index contributed by atoms with van der Waals surface area (Å²) in [7, 11) is -1.95. The first kappa shape index (κ1) is 27.6. The average Bonchev–Trinajstić information content (AvgIpc) is 3.68. The highest BCUT2D eigenvalue weighted by atomic mass is 28.4. The fraction of sp³-hybridized carbons (Fsp3) is 0.419. The van der Waals surface area contributed by atoms with Crippen molar-refractivity contribution in [3.63, 3.8) is 0 Å². The lowest BCUT2D eigenvalue weighted by Crippen LogP contribution is -2.45. The van der Waals surface area contributed by atoms with Gasteiger partial charge in [-0.1, -0.05) is 27.7 Å². The van der Waals surface area contributed by atoms with Crippen molar-refractivity contribution >= 4 is 25.6 Å². The van der Waals surface area contributed by atoms with Crippen molar-refractivity contribution in [3.8, 4) is 29.1 Å². The van der Waals surface area contributed by atoms with Crippen LogP contribution < -0.4 is 15.4 Å². The molecule has 1 saturated carbocycles. The van der Waals surface area contributed by atoms with Gasteiger partial charge in [0.25, 0.3) is 0 Å². The predicted molar refractivity (Wildman–Crippen MR) is 159 cm³/mol. The van der Waals surface area contributed by atoms with Gasteiger partial charge in [-0.15, -0.1) is 0 Å². The molecule has 8 nitrogen and oxygen atoms in total. The topological polar surface area (TPSA) is 116 Å². The second-order valence-corrected chi connectivity index (χ2v) is 17.4. The highest BCUT2D eigenvalue weighted by Crippen LogP contribution is 2.44. The van der Waals surface area contributed by atoms with Crippen LogP contribution in [0.25, 0.3) is 11.3 Å². The van der Waals surface area contributed by atoms with Gasteiger partial charge in [0.05, 0.1) is 40.4 Å². The molecule has 2 aliphatic rings. The number of hydrogen-bond acceptors (Lipinski definition) is 8. The first-order valence-corrected chi connectivity index (χ1v) is 16.6. The molecule has 1 aliphatic carbocycles. The Morgan fingerprint density at radius 1 is 1.12 bits per heavy atom. The fourth-order valence-corrected chi connectivity index (χ4v) is 5.59. The molecule has 1 fully saturated rings. The van der Waals surface area contributed by atoms with E-state index in [0.717, 1.165) is 29.7 Å². The number of ether oxygens (including phenoxy) is 1. The summed E-state index contributed by atoms with van der Waals surface area (Å²) >= 11 is 0. The summed E-state index contributed by atoms with van der Waals surface area (Å²) in [6.45, 7) is 14.7. The van der Waals surface area contributed by atoms with Gasteiger partial charge >= 0.3 is 0 Å². The van der Waals surface area contributed by atoms with E-state index in [-0.39, 0.29) is 16.6 Å². The van der Waals surface area contributed by atoms with Crippen LogP contribution in [0.5, 0.6) is 5.75 Å². The van der Waals surface area contributed by atoms with Crippen molar-refractivity contribution in [3.05, 3.63) is 59.3 Å². The van der Waals surface area contributed by atoms with E-state index in [2.05, 4.69) is 74.6 Å². The van der Waals surface area contributed by atoms with E-state index in [1.165, 1.54) is 0 Å². The second-order valence-electron chi connectivity index (χ2n) is 12.6. The van der Waals surface area contributed by atoms with Crippen LogP contribution in [-0.4, -0.2) is 37.5 Å². The van der Waals surface area contributed by atoms with E-state index >= 15 is 0 Å². The van der Waals surface area contributed by atoms with Crippen LogP contribution in [0.1, 0.15) is 57.2 Å². The molecular formula is C31H36N6O2Si. The summed E-state index contributed by atoms with van der Waals surface area (Å²) in [5.41, 5.74) is 4.93. The molecule has 2 heterocycles. The maximum atomic E-state index is 10.0. The van der Waals surface area contributed by atoms with Gasteiger partial charge in [-0.2, -0.15) is 10.5 Å².